The second-order valence-corrected chi connectivity index (χ2v) is 9.01. The van der Waals surface area contributed by atoms with Gasteiger partial charge in [0.05, 0.1) is 17.6 Å². The Morgan fingerprint density at radius 1 is 1.10 bits per heavy atom. The monoisotopic (exact) mass is 415 g/mol. The first-order valence-corrected chi connectivity index (χ1v) is 11.6. The number of carbonyl (C=O) groups excluding carboxylic acids is 1. The van der Waals surface area contributed by atoms with Crippen LogP contribution in [0.3, 0.4) is 0 Å². The van der Waals surface area contributed by atoms with Gasteiger partial charge in [-0.25, -0.2) is 4.39 Å². The Morgan fingerprint density at radius 3 is 2.43 bits per heavy atom. The van der Waals surface area contributed by atoms with Crippen LogP contribution in [0.4, 0.5) is 4.39 Å². The molecule has 5 heteroatoms. The molecule has 30 heavy (non-hydrogen) atoms. The van der Waals surface area contributed by atoms with Crippen molar-refractivity contribution < 1.29 is 18.7 Å². The molecule has 3 rings (SSSR count). The number of carbonyl (C=O) groups is 1. The molecule has 0 atom stereocenters. The first kappa shape index (κ1) is 22.7. The van der Waals surface area contributed by atoms with Crippen molar-refractivity contribution in [1.82, 2.24) is 0 Å². The predicted molar refractivity (Wildman–Crippen MR) is 113 cm³/mol. The number of unbranched alkanes of at least 4 members (excludes halogenated alkanes) is 1. The van der Waals surface area contributed by atoms with Gasteiger partial charge in [-0.1, -0.05) is 39.0 Å². The Bertz CT molecular complexity index is 728. The van der Waals surface area contributed by atoms with Crippen molar-refractivity contribution in [3.05, 3.63) is 29.6 Å². The van der Waals surface area contributed by atoms with E-state index in [4.69, 9.17) is 14.7 Å². The van der Waals surface area contributed by atoms with Crippen molar-refractivity contribution in [2.45, 2.75) is 83.7 Å². The Morgan fingerprint density at radius 2 is 1.80 bits per heavy atom. The summed E-state index contributed by atoms with van der Waals surface area (Å²) < 4.78 is 25.2. The van der Waals surface area contributed by atoms with Gasteiger partial charge in [-0.05, 0) is 62.5 Å². The lowest BCUT2D eigenvalue weighted by Gasteiger charge is -2.31. The van der Waals surface area contributed by atoms with E-state index < -0.39 is 5.82 Å². The van der Waals surface area contributed by atoms with E-state index in [0.717, 1.165) is 44.3 Å². The number of rotatable bonds is 8. The molecule has 0 unspecified atom stereocenters. The molecular formula is C25H34FNO3. The Labute approximate surface area is 179 Å². The second kappa shape index (κ2) is 11.5. The highest BCUT2D eigenvalue weighted by Gasteiger charge is 2.29. The minimum Gasteiger partial charge on any atom is -0.426 e. The Hall–Kier alpha value is -1.93. The predicted octanol–water partition coefficient (Wildman–Crippen LogP) is 6.17. The van der Waals surface area contributed by atoms with Gasteiger partial charge >= 0.3 is 5.97 Å². The van der Waals surface area contributed by atoms with Gasteiger partial charge in [-0.2, -0.15) is 5.26 Å². The fourth-order valence-electron chi connectivity index (χ4n) is 4.77. The van der Waals surface area contributed by atoms with Gasteiger partial charge in [-0.15, -0.1) is 0 Å². The molecule has 2 saturated carbocycles. The molecule has 0 bridgehead atoms. The molecule has 0 aromatic heterocycles. The fraction of sp³-hybridized carbons (Fsp3) is 0.680. The van der Waals surface area contributed by atoms with Crippen LogP contribution in [-0.4, -0.2) is 18.7 Å². The van der Waals surface area contributed by atoms with Crippen LogP contribution >= 0.6 is 0 Å². The second-order valence-electron chi connectivity index (χ2n) is 9.01. The van der Waals surface area contributed by atoms with E-state index in [1.807, 2.05) is 0 Å². The van der Waals surface area contributed by atoms with Crippen molar-refractivity contribution in [3.63, 3.8) is 0 Å². The summed E-state index contributed by atoms with van der Waals surface area (Å²) in [7, 11) is 0. The van der Waals surface area contributed by atoms with Gasteiger partial charge < -0.3 is 9.47 Å². The van der Waals surface area contributed by atoms with E-state index >= 15 is 0 Å². The lowest BCUT2D eigenvalue weighted by molar-refractivity contribution is -0.141. The van der Waals surface area contributed by atoms with Crippen LogP contribution in [0, 0.1) is 34.9 Å². The van der Waals surface area contributed by atoms with Crippen LogP contribution in [0.25, 0.3) is 0 Å². The molecule has 0 saturated heterocycles. The average molecular weight is 416 g/mol. The number of halogens is 1. The summed E-state index contributed by atoms with van der Waals surface area (Å²) in [6.45, 7) is 3.12. The van der Waals surface area contributed by atoms with Gasteiger partial charge in [0.25, 0.3) is 0 Å². The molecule has 0 amide bonds. The smallest absolute Gasteiger partial charge is 0.314 e. The molecule has 164 valence electrons. The minimum absolute atomic E-state index is 0.0538. The lowest BCUT2D eigenvalue weighted by Crippen LogP contribution is -2.30. The third kappa shape index (κ3) is 6.54. The summed E-state index contributed by atoms with van der Waals surface area (Å²) in [6, 6.07) is 5.66. The zero-order valence-electron chi connectivity index (χ0n) is 18.1. The van der Waals surface area contributed by atoms with E-state index in [9.17, 15) is 9.18 Å². The molecule has 2 fully saturated rings. The molecule has 0 spiro atoms. The highest BCUT2D eigenvalue weighted by molar-refractivity contribution is 5.75. The molecule has 2 aliphatic rings. The third-order valence-electron chi connectivity index (χ3n) is 6.79. The van der Waals surface area contributed by atoms with Crippen LogP contribution in [0.5, 0.6) is 5.75 Å². The maximum Gasteiger partial charge on any atom is 0.314 e. The largest absolute Gasteiger partial charge is 0.426 e. The van der Waals surface area contributed by atoms with Crippen LogP contribution in [0.15, 0.2) is 18.2 Å². The number of nitrogens with zero attached hydrogens (tertiary/aromatic N) is 1. The Balaban J connectivity index is 1.34. The number of ether oxygens (including phenoxy) is 2. The summed E-state index contributed by atoms with van der Waals surface area (Å²) >= 11 is 0. The van der Waals surface area contributed by atoms with E-state index in [2.05, 4.69) is 6.92 Å². The lowest BCUT2D eigenvalue weighted by atomic mass is 9.80. The first-order chi connectivity index (χ1) is 14.6. The van der Waals surface area contributed by atoms with E-state index in [0.29, 0.717) is 5.92 Å². The molecule has 0 aliphatic heterocycles. The quantitative estimate of drug-likeness (QED) is 0.376. The van der Waals surface area contributed by atoms with E-state index in [1.54, 1.807) is 6.07 Å². The molecule has 1 aromatic rings. The van der Waals surface area contributed by atoms with Crippen molar-refractivity contribution in [2.24, 2.45) is 17.8 Å². The topological polar surface area (TPSA) is 59.3 Å². The molecule has 4 nitrogen and oxygen atoms in total. The zero-order valence-corrected chi connectivity index (χ0v) is 18.1. The summed E-state index contributed by atoms with van der Waals surface area (Å²) in [5, 5.41) is 8.78. The molecule has 1 aromatic carbocycles. The maximum absolute atomic E-state index is 13.7. The van der Waals surface area contributed by atoms with Gasteiger partial charge in [0.1, 0.15) is 17.6 Å². The maximum atomic E-state index is 13.7. The minimum atomic E-state index is -0.667. The van der Waals surface area contributed by atoms with E-state index in [1.165, 1.54) is 57.1 Å². The van der Waals surface area contributed by atoms with Crippen molar-refractivity contribution in [2.75, 3.05) is 6.61 Å². The number of hydrogen-bond donors (Lipinski definition) is 0. The van der Waals surface area contributed by atoms with E-state index in [-0.39, 0.29) is 29.3 Å². The van der Waals surface area contributed by atoms with Crippen molar-refractivity contribution >= 4 is 5.97 Å². The third-order valence-corrected chi connectivity index (χ3v) is 6.79. The molecule has 0 N–H and O–H groups in total. The van der Waals surface area contributed by atoms with Crippen LogP contribution in [0.2, 0.25) is 0 Å². The number of benzene rings is 1. The first-order valence-electron chi connectivity index (χ1n) is 11.6. The molecule has 0 radical (unpaired) electrons. The van der Waals surface area contributed by atoms with Crippen molar-refractivity contribution in [1.29, 1.82) is 5.26 Å². The average Bonchev–Trinajstić information content (AvgIpc) is 2.77. The number of esters is 1. The number of hydrogen-bond acceptors (Lipinski definition) is 4. The van der Waals surface area contributed by atoms with Crippen LogP contribution in [0.1, 0.15) is 83.1 Å². The summed E-state index contributed by atoms with van der Waals surface area (Å²) in [4.78, 5) is 12.4. The van der Waals surface area contributed by atoms with Gasteiger partial charge in [0.2, 0.25) is 0 Å². The van der Waals surface area contributed by atoms with Crippen LogP contribution < -0.4 is 4.74 Å². The molecule has 0 heterocycles. The Kier molecular flexibility index (Phi) is 8.69. The number of nitriles is 1. The highest BCUT2D eigenvalue weighted by atomic mass is 19.1. The SMILES string of the molecule is CCCCC1CCC(COC2CCC(C(=O)Oc3ccc(C#N)c(F)c3)CC2)CC1. The fourth-order valence-corrected chi connectivity index (χ4v) is 4.77. The molecule has 2 aliphatic carbocycles. The van der Waals surface area contributed by atoms with Crippen molar-refractivity contribution in [3.8, 4) is 11.8 Å². The normalized spacial score (nSPS) is 26.7. The highest BCUT2D eigenvalue weighted by Crippen LogP contribution is 2.33. The van der Waals surface area contributed by atoms with Crippen LogP contribution in [-0.2, 0) is 9.53 Å². The summed E-state index contributed by atoms with van der Waals surface area (Å²) in [6.07, 6.45) is 12.8. The summed E-state index contributed by atoms with van der Waals surface area (Å²) in [5.74, 6) is 0.619. The van der Waals surface area contributed by atoms with Gasteiger partial charge in [-0.3, -0.25) is 4.79 Å². The van der Waals surface area contributed by atoms with Gasteiger partial charge in [0, 0.05) is 12.7 Å². The molecular weight excluding hydrogens is 381 g/mol. The zero-order chi connectivity index (χ0) is 21.3. The summed E-state index contributed by atoms with van der Waals surface area (Å²) in [5.41, 5.74) is -0.0538. The van der Waals surface area contributed by atoms with Gasteiger partial charge in [0.15, 0.2) is 0 Å². The standard InChI is InChI=1S/C25H34FNO3/c1-2-3-4-18-5-7-19(8-6-18)17-29-22-12-9-20(10-13-22)25(28)30-23-14-11-21(16-27)24(26)15-23/h11,14-15,18-20,22H,2-10,12-13,17H2,1H3.